The lowest BCUT2D eigenvalue weighted by atomic mass is 10.2. The lowest BCUT2D eigenvalue weighted by Gasteiger charge is -2.15. The summed E-state index contributed by atoms with van der Waals surface area (Å²) in [7, 11) is 5.24. The van der Waals surface area contributed by atoms with Gasteiger partial charge in [0.05, 0.1) is 74.4 Å². The summed E-state index contributed by atoms with van der Waals surface area (Å²) in [5.41, 5.74) is 8.77. The van der Waals surface area contributed by atoms with E-state index in [0.717, 1.165) is 68.2 Å². The molecule has 0 fully saturated rings. The van der Waals surface area contributed by atoms with Crippen LogP contribution in [0.4, 0.5) is 11.9 Å². The van der Waals surface area contributed by atoms with E-state index in [4.69, 9.17) is 9.47 Å². The van der Waals surface area contributed by atoms with Gasteiger partial charge in [0.25, 0.3) is 0 Å². The quantitative estimate of drug-likeness (QED) is 0.148. The van der Waals surface area contributed by atoms with Crippen LogP contribution in [-0.4, -0.2) is 80.9 Å². The van der Waals surface area contributed by atoms with E-state index < -0.39 is 0 Å². The Kier molecular flexibility index (Phi) is 11.3. The third-order valence-electron chi connectivity index (χ3n) is 8.48. The van der Waals surface area contributed by atoms with Crippen LogP contribution in [0.15, 0.2) is 116 Å². The van der Waals surface area contributed by atoms with E-state index in [0.29, 0.717) is 25.0 Å². The van der Waals surface area contributed by atoms with Gasteiger partial charge in [-0.25, -0.2) is 29.3 Å². The standard InChI is InChI=1S/C20H21N7O.C20H19N7O/c1-14-10-16(25-24-14)13-26(2)20-21-9-8-17(23-20)15-11-22-27(12-15)18-6-4-5-7-19(18)28-3;1-14-9-23-16(11-22-14)12-24-20-21-8-7-17(26-20)15-10-25-27(13-15)18-5-3-4-6-19(18)28-2/h4-12H,13H2,1-3H3,(H,24,25);3-11,13H,12H2,1-2H3,(H,21,24,26). The molecule has 0 aliphatic heterocycles. The Labute approximate surface area is 323 Å². The van der Waals surface area contributed by atoms with Gasteiger partial charge < -0.3 is 19.7 Å². The Morgan fingerprint density at radius 3 is 1.91 bits per heavy atom. The fourth-order valence-electron chi connectivity index (χ4n) is 5.66. The van der Waals surface area contributed by atoms with Gasteiger partial charge in [-0.2, -0.15) is 15.3 Å². The predicted octanol–water partition coefficient (Wildman–Crippen LogP) is 6.05. The van der Waals surface area contributed by atoms with Crippen LogP contribution >= 0.6 is 0 Å². The first-order chi connectivity index (χ1) is 27.4. The Bertz CT molecular complexity index is 2510. The van der Waals surface area contributed by atoms with Crippen molar-refractivity contribution >= 4 is 11.9 Å². The fourth-order valence-corrected chi connectivity index (χ4v) is 5.66. The maximum absolute atomic E-state index is 5.42. The number of H-pyrrole nitrogens is 1. The van der Waals surface area contributed by atoms with E-state index in [2.05, 4.69) is 55.6 Å². The summed E-state index contributed by atoms with van der Waals surface area (Å²) in [6.45, 7) is 5.00. The number of methoxy groups -OCH3 is 2. The molecule has 0 aliphatic carbocycles. The molecule has 6 aromatic heterocycles. The van der Waals surface area contributed by atoms with Crippen molar-refractivity contribution in [2.45, 2.75) is 26.9 Å². The molecule has 16 heteroatoms. The van der Waals surface area contributed by atoms with E-state index >= 15 is 0 Å². The molecule has 2 aromatic carbocycles. The van der Waals surface area contributed by atoms with E-state index in [1.807, 2.05) is 105 Å². The molecule has 0 bridgehead atoms. The molecule has 16 nitrogen and oxygen atoms in total. The summed E-state index contributed by atoms with van der Waals surface area (Å²) >= 11 is 0. The number of para-hydroxylation sites is 4. The molecule has 0 unspecified atom stereocenters. The summed E-state index contributed by atoms with van der Waals surface area (Å²) in [4.78, 5) is 28.4. The van der Waals surface area contributed by atoms with Crippen LogP contribution in [0.1, 0.15) is 22.8 Å². The first kappa shape index (κ1) is 36.9. The molecule has 0 saturated carbocycles. The SMILES string of the molecule is COc1ccccc1-n1cc(-c2ccnc(N(C)Cc3cc(C)[nH]n3)n2)cn1.COc1ccccc1-n1cc(-c2ccnc(NCc3cnc(C)cn3)n2)cn1. The molecule has 0 atom stereocenters. The lowest BCUT2D eigenvalue weighted by Crippen LogP contribution is -2.19. The Morgan fingerprint density at radius 1 is 0.696 bits per heavy atom. The molecule has 56 heavy (non-hydrogen) atoms. The molecule has 8 aromatic rings. The first-order valence-electron chi connectivity index (χ1n) is 17.6. The number of ether oxygens (including phenoxy) is 2. The van der Waals surface area contributed by atoms with Crippen molar-refractivity contribution in [3.8, 4) is 45.4 Å². The van der Waals surface area contributed by atoms with Crippen molar-refractivity contribution in [3.63, 3.8) is 0 Å². The number of rotatable bonds is 12. The van der Waals surface area contributed by atoms with Crippen molar-refractivity contribution in [1.29, 1.82) is 0 Å². The number of benzene rings is 2. The van der Waals surface area contributed by atoms with Crippen LogP contribution in [0.2, 0.25) is 0 Å². The number of anilines is 2. The van der Waals surface area contributed by atoms with Gasteiger partial charge >= 0.3 is 0 Å². The van der Waals surface area contributed by atoms with Crippen molar-refractivity contribution in [3.05, 3.63) is 139 Å². The van der Waals surface area contributed by atoms with Crippen LogP contribution < -0.4 is 19.7 Å². The van der Waals surface area contributed by atoms with Crippen LogP contribution in [0.3, 0.4) is 0 Å². The second-order valence-electron chi connectivity index (χ2n) is 12.6. The molecule has 0 spiro atoms. The zero-order valence-corrected chi connectivity index (χ0v) is 31.6. The van der Waals surface area contributed by atoms with E-state index in [9.17, 15) is 0 Å². The average Bonchev–Trinajstić information content (AvgIpc) is 4.03. The molecule has 6 heterocycles. The minimum atomic E-state index is 0.497. The van der Waals surface area contributed by atoms with Gasteiger partial charge in [-0.05, 0) is 56.3 Å². The second kappa shape index (κ2) is 17.1. The number of nitrogens with one attached hydrogen (secondary N) is 2. The minimum Gasteiger partial charge on any atom is -0.494 e. The number of hydrogen-bond donors (Lipinski definition) is 2. The van der Waals surface area contributed by atoms with Gasteiger partial charge in [0.2, 0.25) is 11.9 Å². The Hall–Kier alpha value is -7.49. The highest BCUT2D eigenvalue weighted by atomic mass is 16.5. The molecule has 2 N–H and O–H groups in total. The number of nitrogens with zero attached hydrogens (tertiary/aromatic N) is 12. The highest BCUT2D eigenvalue weighted by Crippen LogP contribution is 2.26. The Morgan fingerprint density at radius 2 is 1.32 bits per heavy atom. The van der Waals surface area contributed by atoms with Crippen LogP contribution in [0.25, 0.3) is 33.9 Å². The largest absolute Gasteiger partial charge is 0.494 e. The monoisotopic (exact) mass is 748 g/mol. The van der Waals surface area contributed by atoms with Gasteiger partial charge in [-0.3, -0.25) is 15.1 Å². The molecular formula is C40H40N14O2. The number of hydrogen-bond acceptors (Lipinski definition) is 13. The average molecular weight is 749 g/mol. The van der Waals surface area contributed by atoms with Gasteiger partial charge in [-0.1, -0.05) is 24.3 Å². The number of aryl methyl sites for hydroxylation is 2. The maximum Gasteiger partial charge on any atom is 0.225 e. The highest BCUT2D eigenvalue weighted by Gasteiger charge is 2.13. The molecule has 0 aliphatic rings. The van der Waals surface area contributed by atoms with Crippen molar-refractivity contribution in [2.75, 3.05) is 31.5 Å². The Balaban J connectivity index is 0.000000172. The van der Waals surface area contributed by atoms with Crippen molar-refractivity contribution < 1.29 is 9.47 Å². The van der Waals surface area contributed by atoms with Gasteiger partial charge in [0, 0.05) is 54.9 Å². The molecular weight excluding hydrogens is 709 g/mol. The van der Waals surface area contributed by atoms with Gasteiger partial charge in [0.15, 0.2) is 0 Å². The zero-order chi connectivity index (χ0) is 38.9. The fraction of sp³-hybridized carbons (Fsp3) is 0.175. The predicted molar refractivity (Wildman–Crippen MR) is 212 cm³/mol. The van der Waals surface area contributed by atoms with E-state index in [1.165, 1.54) is 0 Å². The molecule has 0 radical (unpaired) electrons. The second-order valence-corrected chi connectivity index (χ2v) is 12.6. The summed E-state index contributed by atoms with van der Waals surface area (Å²) in [5.74, 6) is 2.66. The van der Waals surface area contributed by atoms with Gasteiger partial charge in [-0.15, -0.1) is 0 Å². The normalized spacial score (nSPS) is 10.7. The summed E-state index contributed by atoms with van der Waals surface area (Å²) in [5, 5.41) is 19.3. The zero-order valence-electron chi connectivity index (χ0n) is 31.6. The maximum atomic E-state index is 5.42. The highest BCUT2D eigenvalue weighted by molar-refractivity contribution is 5.61. The third kappa shape index (κ3) is 8.82. The van der Waals surface area contributed by atoms with Crippen LogP contribution in [0.5, 0.6) is 11.5 Å². The summed E-state index contributed by atoms with van der Waals surface area (Å²) in [6, 6.07) is 21.2. The molecule has 0 saturated heterocycles. The van der Waals surface area contributed by atoms with Crippen molar-refractivity contribution in [2.24, 2.45) is 0 Å². The minimum absolute atomic E-state index is 0.497. The molecule has 282 valence electrons. The first-order valence-corrected chi connectivity index (χ1v) is 17.6. The number of aromatic nitrogens is 12. The molecule has 8 rings (SSSR count). The third-order valence-corrected chi connectivity index (χ3v) is 8.48. The summed E-state index contributed by atoms with van der Waals surface area (Å²) in [6.07, 6.45) is 14.3. The smallest absolute Gasteiger partial charge is 0.225 e. The van der Waals surface area contributed by atoms with E-state index in [-0.39, 0.29) is 0 Å². The van der Waals surface area contributed by atoms with Crippen LogP contribution in [0, 0.1) is 13.8 Å². The molecule has 0 amide bonds. The van der Waals surface area contributed by atoms with E-state index in [1.54, 1.807) is 60.8 Å². The van der Waals surface area contributed by atoms with Gasteiger partial charge in [0.1, 0.15) is 22.9 Å². The lowest BCUT2D eigenvalue weighted by molar-refractivity contribution is 0.411. The van der Waals surface area contributed by atoms with Crippen LogP contribution in [-0.2, 0) is 13.1 Å². The number of aromatic amines is 1. The van der Waals surface area contributed by atoms with Crippen molar-refractivity contribution in [1.82, 2.24) is 59.7 Å². The topological polar surface area (TPSA) is 175 Å². The summed E-state index contributed by atoms with van der Waals surface area (Å²) < 4.78 is 14.4.